The molecule has 0 saturated carbocycles. The normalized spacial score (nSPS) is 11.7. The monoisotopic (exact) mass is 623 g/mol. The average molecular weight is 624 g/mol. The van der Waals surface area contributed by atoms with E-state index in [1.165, 1.54) is 32.5 Å². The molecule has 0 N–H and O–H groups in total. The SMILES string of the molecule is c1ccc(-n2c(-c3cccc(-c4cc5c(-c6ccc7ccccc7c6)nc6ccccc6c5c5ccccc45)c3)nc3ccccc32)cc1. The maximum atomic E-state index is 5.34. The van der Waals surface area contributed by atoms with Gasteiger partial charge in [0.2, 0.25) is 0 Å². The summed E-state index contributed by atoms with van der Waals surface area (Å²) in [5, 5.41) is 8.40. The van der Waals surface area contributed by atoms with E-state index in [0.29, 0.717) is 0 Å². The maximum absolute atomic E-state index is 5.34. The minimum absolute atomic E-state index is 0.920. The number of hydrogen-bond donors (Lipinski definition) is 0. The Bertz CT molecular complexity index is 2880. The highest BCUT2D eigenvalue weighted by Crippen LogP contribution is 2.42. The van der Waals surface area contributed by atoms with Crippen LogP contribution in [-0.2, 0) is 0 Å². The van der Waals surface area contributed by atoms with Gasteiger partial charge in [0.1, 0.15) is 5.82 Å². The molecule has 0 unspecified atom stereocenters. The molecule has 10 aromatic rings. The zero-order valence-electron chi connectivity index (χ0n) is 26.6. The maximum Gasteiger partial charge on any atom is 0.145 e. The molecule has 10 rings (SSSR count). The van der Waals surface area contributed by atoms with Gasteiger partial charge in [0.05, 0.1) is 22.2 Å². The van der Waals surface area contributed by atoms with Crippen LogP contribution in [0.25, 0.3) is 93.7 Å². The van der Waals surface area contributed by atoms with Crippen molar-refractivity contribution in [1.29, 1.82) is 0 Å². The Morgan fingerprint density at radius 1 is 0.388 bits per heavy atom. The molecular weight excluding hydrogens is 595 g/mol. The third-order valence-corrected chi connectivity index (χ3v) is 9.74. The molecule has 0 aliphatic carbocycles. The number of aromatic nitrogens is 3. The van der Waals surface area contributed by atoms with Crippen molar-refractivity contribution < 1.29 is 0 Å². The van der Waals surface area contributed by atoms with Gasteiger partial charge in [-0.05, 0) is 81.2 Å². The number of benzene rings is 8. The molecule has 49 heavy (non-hydrogen) atoms. The second-order valence-electron chi connectivity index (χ2n) is 12.6. The van der Waals surface area contributed by atoms with Crippen LogP contribution in [0, 0.1) is 0 Å². The number of fused-ring (bicyclic) bond motifs is 7. The summed E-state index contributed by atoms with van der Waals surface area (Å²) in [6.07, 6.45) is 0. The first kappa shape index (κ1) is 27.5. The fourth-order valence-corrected chi connectivity index (χ4v) is 7.49. The van der Waals surface area contributed by atoms with E-state index in [1.54, 1.807) is 0 Å². The van der Waals surface area contributed by atoms with Gasteiger partial charge in [-0.2, -0.15) is 0 Å². The minimum atomic E-state index is 0.920. The highest BCUT2D eigenvalue weighted by molar-refractivity contribution is 6.25. The van der Waals surface area contributed by atoms with Crippen LogP contribution in [0.3, 0.4) is 0 Å². The number of rotatable bonds is 4. The van der Waals surface area contributed by atoms with E-state index < -0.39 is 0 Å². The molecule has 0 radical (unpaired) electrons. The summed E-state index contributed by atoms with van der Waals surface area (Å²) >= 11 is 0. The van der Waals surface area contributed by atoms with E-state index in [1.807, 2.05) is 0 Å². The third-order valence-electron chi connectivity index (χ3n) is 9.74. The van der Waals surface area contributed by atoms with Gasteiger partial charge < -0.3 is 0 Å². The molecule has 0 atom stereocenters. The number of hydrogen-bond acceptors (Lipinski definition) is 2. The zero-order valence-corrected chi connectivity index (χ0v) is 26.6. The van der Waals surface area contributed by atoms with Crippen LogP contribution in [0.1, 0.15) is 0 Å². The summed E-state index contributed by atoms with van der Waals surface area (Å²) in [4.78, 5) is 10.5. The summed E-state index contributed by atoms with van der Waals surface area (Å²) in [6, 6.07) is 62.6. The Balaban J connectivity index is 1.26. The summed E-state index contributed by atoms with van der Waals surface area (Å²) < 4.78 is 2.26. The van der Waals surface area contributed by atoms with Gasteiger partial charge in [-0.3, -0.25) is 4.57 Å². The Morgan fingerprint density at radius 3 is 1.96 bits per heavy atom. The smallest absolute Gasteiger partial charge is 0.145 e. The van der Waals surface area contributed by atoms with E-state index in [0.717, 1.165) is 61.2 Å². The molecule has 0 amide bonds. The van der Waals surface area contributed by atoms with Gasteiger partial charge in [0.15, 0.2) is 0 Å². The third kappa shape index (κ3) is 4.44. The summed E-state index contributed by atoms with van der Waals surface area (Å²) in [5.74, 6) is 0.920. The number of pyridine rings is 1. The fraction of sp³-hybridized carbons (Fsp3) is 0. The Kier molecular flexibility index (Phi) is 6.18. The van der Waals surface area contributed by atoms with Crippen LogP contribution in [0.4, 0.5) is 0 Å². The molecule has 2 heterocycles. The second kappa shape index (κ2) is 11.0. The lowest BCUT2D eigenvalue weighted by Gasteiger charge is -2.17. The van der Waals surface area contributed by atoms with Crippen LogP contribution in [0.2, 0.25) is 0 Å². The molecule has 3 nitrogen and oxygen atoms in total. The Morgan fingerprint density at radius 2 is 1.08 bits per heavy atom. The molecule has 0 saturated heterocycles. The highest BCUT2D eigenvalue weighted by Gasteiger charge is 2.19. The summed E-state index contributed by atoms with van der Waals surface area (Å²) in [7, 11) is 0. The van der Waals surface area contributed by atoms with Crippen molar-refractivity contribution in [2.75, 3.05) is 0 Å². The molecule has 0 spiro atoms. The summed E-state index contributed by atoms with van der Waals surface area (Å²) in [5.41, 5.74) is 9.63. The topological polar surface area (TPSA) is 30.7 Å². The number of imidazole rings is 1. The molecule has 0 fully saturated rings. The zero-order chi connectivity index (χ0) is 32.3. The van der Waals surface area contributed by atoms with Crippen molar-refractivity contribution in [3.8, 4) is 39.5 Å². The van der Waals surface area contributed by atoms with Crippen LogP contribution >= 0.6 is 0 Å². The van der Waals surface area contributed by atoms with Crippen molar-refractivity contribution >= 4 is 54.3 Å². The Hall–Kier alpha value is -6.58. The largest absolute Gasteiger partial charge is 0.292 e. The standard InChI is InChI=1S/C46H29N3/c1-2-17-35(18-3-1)49-43-24-11-10-23-42(43)48-46(49)34-16-12-15-32(28-34)39-29-40-44(37-20-7-6-19-36(37)39)38-21-8-9-22-41(38)47-45(40)33-26-25-30-13-4-5-14-31(30)27-33/h1-29H. The molecule has 0 aliphatic rings. The molecule has 0 aliphatic heterocycles. The molecule has 0 bridgehead atoms. The van der Waals surface area contributed by atoms with E-state index in [4.69, 9.17) is 9.97 Å². The molecule has 3 heteroatoms. The lowest BCUT2D eigenvalue weighted by atomic mass is 9.89. The average Bonchev–Trinajstić information content (AvgIpc) is 3.57. The molecule has 8 aromatic carbocycles. The van der Waals surface area contributed by atoms with Gasteiger partial charge in [-0.25, -0.2) is 9.97 Å². The van der Waals surface area contributed by atoms with Gasteiger partial charge in [0.25, 0.3) is 0 Å². The van der Waals surface area contributed by atoms with Crippen molar-refractivity contribution in [3.05, 3.63) is 176 Å². The van der Waals surface area contributed by atoms with Gasteiger partial charge in [-0.15, -0.1) is 0 Å². The van der Waals surface area contributed by atoms with E-state index in [2.05, 4.69) is 180 Å². The van der Waals surface area contributed by atoms with Crippen molar-refractivity contribution in [2.24, 2.45) is 0 Å². The van der Waals surface area contributed by atoms with E-state index in [-0.39, 0.29) is 0 Å². The first-order chi connectivity index (χ1) is 24.3. The number of nitrogens with zero attached hydrogens (tertiary/aromatic N) is 3. The molecule has 2 aromatic heterocycles. The Labute approximate surface area is 283 Å². The van der Waals surface area contributed by atoms with Gasteiger partial charge in [0, 0.05) is 33.0 Å². The highest BCUT2D eigenvalue weighted by atomic mass is 15.1. The lowest BCUT2D eigenvalue weighted by molar-refractivity contribution is 1.10. The number of para-hydroxylation sites is 4. The predicted octanol–water partition coefficient (Wildman–Crippen LogP) is 12.0. The predicted molar refractivity (Wildman–Crippen MR) is 205 cm³/mol. The van der Waals surface area contributed by atoms with Gasteiger partial charge in [-0.1, -0.05) is 127 Å². The second-order valence-corrected chi connectivity index (χ2v) is 12.6. The minimum Gasteiger partial charge on any atom is -0.292 e. The van der Waals surface area contributed by atoms with Crippen molar-refractivity contribution in [2.45, 2.75) is 0 Å². The van der Waals surface area contributed by atoms with Crippen LogP contribution in [0.5, 0.6) is 0 Å². The van der Waals surface area contributed by atoms with Crippen molar-refractivity contribution in [3.63, 3.8) is 0 Å². The quantitative estimate of drug-likeness (QED) is 0.183. The van der Waals surface area contributed by atoms with Gasteiger partial charge >= 0.3 is 0 Å². The molecule has 228 valence electrons. The van der Waals surface area contributed by atoms with Crippen LogP contribution in [0.15, 0.2) is 176 Å². The summed E-state index contributed by atoms with van der Waals surface area (Å²) in [6.45, 7) is 0. The van der Waals surface area contributed by atoms with Crippen LogP contribution < -0.4 is 0 Å². The first-order valence-electron chi connectivity index (χ1n) is 16.7. The van der Waals surface area contributed by atoms with Crippen LogP contribution in [-0.4, -0.2) is 14.5 Å². The fourth-order valence-electron chi connectivity index (χ4n) is 7.49. The molecular formula is C46H29N3. The van der Waals surface area contributed by atoms with E-state index in [9.17, 15) is 0 Å². The first-order valence-corrected chi connectivity index (χ1v) is 16.7. The lowest BCUT2D eigenvalue weighted by Crippen LogP contribution is -1.97. The van der Waals surface area contributed by atoms with Crippen molar-refractivity contribution in [1.82, 2.24) is 14.5 Å². The van der Waals surface area contributed by atoms with E-state index >= 15 is 0 Å².